The van der Waals surface area contributed by atoms with Gasteiger partial charge in [0.05, 0.1) is 0 Å². The number of benzene rings is 2. The second kappa shape index (κ2) is 12.3. The topological polar surface area (TPSA) is 76.6 Å². The minimum atomic E-state index is 0.0754. The average molecular weight is 514 g/mol. The lowest BCUT2D eigenvalue weighted by Gasteiger charge is -2.35. The fourth-order valence-electron chi connectivity index (χ4n) is 5.34. The summed E-state index contributed by atoms with van der Waals surface area (Å²) in [5, 5.41) is 15.5. The second-order valence-electron chi connectivity index (χ2n) is 10.7. The van der Waals surface area contributed by atoms with Gasteiger partial charge in [0, 0.05) is 70.2 Å². The molecule has 38 heavy (non-hydrogen) atoms. The molecule has 2 aromatic carbocycles. The van der Waals surface area contributed by atoms with Crippen molar-refractivity contribution in [2.45, 2.75) is 38.3 Å². The summed E-state index contributed by atoms with van der Waals surface area (Å²) in [5.74, 6) is 1.87. The quantitative estimate of drug-likeness (QED) is 0.466. The molecule has 0 bridgehead atoms. The van der Waals surface area contributed by atoms with Gasteiger partial charge in [-0.15, -0.1) is 10.2 Å². The molecule has 8 heteroatoms. The van der Waals surface area contributed by atoms with E-state index in [9.17, 15) is 4.79 Å². The van der Waals surface area contributed by atoms with Crippen LogP contribution in [0.3, 0.4) is 0 Å². The van der Waals surface area contributed by atoms with E-state index in [1.54, 1.807) is 0 Å². The lowest BCUT2D eigenvalue weighted by atomic mass is 9.94. The highest BCUT2D eigenvalue weighted by Gasteiger charge is 2.28. The first-order valence-corrected chi connectivity index (χ1v) is 13.7. The third kappa shape index (κ3) is 6.81. The number of hydrogen-bond donors (Lipinski definition) is 2. The highest BCUT2D eigenvalue weighted by atomic mass is 16.2. The molecule has 2 fully saturated rings. The highest BCUT2D eigenvalue weighted by Crippen LogP contribution is 2.25. The van der Waals surface area contributed by atoms with E-state index >= 15 is 0 Å². The smallest absolute Gasteiger partial charge is 0.223 e. The Balaban J connectivity index is 1.05. The first-order chi connectivity index (χ1) is 18.5. The fraction of sp³-hybridized carbons (Fsp3) is 0.433. The van der Waals surface area contributed by atoms with Crippen molar-refractivity contribution in [2.75, 3.05) is 55.4 Å². The maximum Gasteiger partial charge on any atom is 0.223 e. The van der Waals surface area contributed by atoms with Gasteiger partial charge >= 0.3 is 0 Å². The van der Waals surface area contributed by atoms with Gasteiger partial charge < -0.3 is 20.4 Å². The first kappa shape index (κ1) is 26.0. The molecule has 5 rings (SSSR count). The van der Waals surface area contributed by atoms with Crippen LogP contribution in [-0.4, -0.2) is 67.3 Å². The summed E-state index contributed by atoms with van der Waals surface area (Å²) in [6.45, 7) is 4.69. The summed E-state index contributed by atoms with van der Waals surface area (Å²) in [6.07, 6.45) is 3.73. The Morgan fingerprint density at radius 2 is 1.66 bits per heavy atom. The Kier molecular flexibility index (Phi) is 8.38. The summed E-state index contributed by atoms with van der Waals surface area (Å²) in [6, 6.07) is 23.1. The molecule has 2 aliphatic heterocycles. The number of carbonyl (C=O) groups is 1. The molecule has 2 aliphatic rings. The molecule has 0 spiro atoms. The molecule has 1 amide bonds. The van der Waals surface area contributed by atoms with Crippen LogP contribution >= 0.6 is 0 Å². The van der Waals surface area contributed by atoms with Crippen LogP contribution in [0.4, 0.5) is 23.0 Å². The molecule has 0 unspecified atom stereocenters. The van der Waals surface area contributed by atoms with Crippen molar-refractivity contribution >= 4 is 28.9 Å². The van der Waals surface area contributed by atoms with Crippen molar-refractivity contribution < 1.29 is 4.79 Å². The molecule has 2 N–H and O–H groups in total. The van der Waals surface area contributed by atoms with Gasteiger partial charge in [0.25, 0.3) is 0 Å². The number of likely N-dealkylation sites (tertiary alicyclic amines) is 1. The Labute approximate surface area is 226 Å². The van der Waals surface area contributed by atoms with Gasteiger partial charge in [-0.3, -0.25) is 9.69 Å². The van der Waals surface area contributed by atoms with Gasteiger partial charge in [-0.1, -0.05) is 36.4 Å². The molecule has 0 saturated carbocycles. The molecule has 3 heterocycles. The number of nitrogens with one attached hydrogen (secondary N) is 2. The first-order valence-electron chi connectivity index (χ1n) is 13.7. The Bertz CT molecular complexity index is 1170. The monoisotopic (exact) mass is 513 g/mol. The van der Waals surface area contributed by atoms with E-state index in [2.05, 4.69) is 78.0 Å². The van der Waals surface area contributed by atoms with Crippen molar-refractivity contribution in [3.05, 3.63) is 72.3 Å². The zero-order valence-electron chi connectivity index (χ0n) is 22.5. The third-order valence-electron chi connectivity index (χ3n) is 7.66. The maximum absolute atomic E-state index is 13.0. The second-order valence-corrected chi connectivity index (χ2v) is 10.7. The van der Waals surface area contributed by atoms with Crippen LogP contribution in [0.5, 0.6) is 0 Å². The Morgan fingerprint density at radius 3 is 2.34 bits per heavy atom. The van der Waals surface area contributed by atoms with Crippen LogP contribution in [0, 0.1) is 5.92 Å². The lowest BCUT2D eigenvalue weighted by Crippen LogP contribution is -2.48. The third-order valence-corrected chi connectivity index (χ3v) is 7.66. The summed E-state index contributed by atoms with van der Waals surface area (Å²) >= 11 is 0. The molecule has 200 valence electrons. The minimum absolute atomic E-state index is 0.0754. The summed E-state index contributed by atoms with van der Waals surface area (Å²) in [5.41, 5.74) is 3.46. The average Bonchev–Trinajstić information content (AvgIpc) is 2.95. The minimum Gasteiger partial charge on any atom is -0.378 e. The van der Waals surface area contributed by atoms with Crippen LogP contribution in [0.1, 0.15) is 31.2 Å². The number of nitrogens with zero attached hydrogens (tertiary/aromatic N) is 5. The maximum atomic E-state index is 13.0. The normalized spacial score (nSPS) is 17.3. The van der Waals surface area contributed by atoms with Crippen molar-refractivity contribution in [2.24, 2.45) is 5.92 Å². The van der Waals surface area contributed by atoms with E-state index < -0.39 is 0 Å². The molecule has 8 nitrogen and oxygen atoms in total. The van der Waals surface area contributed by atoms with Crippen molar-refractivity contribution in [3.63, 3.8) is 0 Å². The molecule has 2 saturated heterocycles. The van der Waals surface area contributed by atoms with Crippen molar-refractivity contribution in [1.82, 2.24) is 20.4 Å². The highest BCUT2D eigenvalue weighted by molar-refractivity contribution is 5.79. The number of anilines is 4. The van der Waals surface area contributed by atoms with Gasteiger partial charge in [-0.25, -0.2) is 0 Å². The number of hydrogen-bond acceptors (Lipinski definition) is 7. The molecule has 0 aliphatic carbocycles. The van der Waals surface area contributed by atoms with E-state index in [-0.39, 0.29) is 17.9 Å². The number of carbonyl (C=O) groups excluding carboxylic acids is 1. The number of aromatic nitrogens is 2. The SMILES string of the molecule is CN(C)c1cccc(Nc2ccc(N3CCC(C(=O)NC4CCN(Cc5ccccc5)CC4)CC3)nn2)c1. The van der Waals surface area contributed by atoms with Gasteiger partial charge in [0.1, 0.15) is 0 Å². The van der Waals surface area contributed by atoms with Gasteiger partial charge in [0.2, 0.25) is 5.91 Å². The summed E-state index contributed by atoms with van der Waals surface area (Å²) < 4.78 is 0. The van der Waals surface area contributed by atoms with Crippen LogP contribution in [0.2, 0.25) is 0 Å². The zero-order chi connectivity index (χ0) is 26.3. The van der Waals surface area contributed by atoms with Crippen molar-refractivity contribution in [3.8, 4) is 0 Å². The number of piperidine rings is 2. The van der Waals surface area contributed by atoms with E-state index in [0.717, 1.165) is 75.6 Å². The molecular formula is C30H39N7O. The van der Waals surface area contributed by atoms with E-state index in [1.165, 1.54) is 5.56 Å². The number of amides is 1. The summed E-state index contributed by atoms with van der Waals surface area (Å²) in [4.78, 5) is 19.8. The Hall–Kier alpha value is -3.65. The van der Waals surface area contributed by atoms with Gasteiger partial charge in [-0.05, 0) is 61.6 Å². The Morgan fingerprint density at radius 1 is 0.895 bits per heavy atom. The van der Waals surface area contributed by atoms with Crippen LogP contribution in [0.15, 0.2) is 66.7 Å². The molecule has 1 aromatic heterocycles. The molecular weight excluding hydrogens is 474 g/mol. The fourth-order valence-corrected chi connectivity index (χ4v) is 5.34. The van der Waals surface area contributed by atoms with Crippen LogP contribution in [-0.2, 0) is 11.3 Å². The molecule has 3 aromatic rings. The lowest BCUT2D eigenvalue weighted by molar-refractivity contribution is -0.126. The predicted octanol–water partition coefficient (Wildman–Crippen LogP) is 4.28. The zero-order valence-corrected chi connectivity index (χ0v) is 22.5. The van der Waals surface area contributed by atoms with Crippen LogP contribution < -0.4 is 20.4 Å². The largest absolute Gasteiger partial charge is 0.378 e. The van der Waals surface area contributed by atoms with Crippen molar-refractivity contribution in [1.29, 1.82) is 0 Å². The van der Waals surface area contributed by atoms with Gasteiger partial charge in [0.15, 0.2) is 11.6 Å². The molecule has 0 atom stereocenters. The predicted molar refractivity (Wildman–Crippen MR) is 154 cm³/mol. The van der Waals surface area contributed by atoms with E-state index in [4.69, 9.17) is 0 Å². The standard InChI is InChI=1S/C30H39N7O/c1-35(2)27-10-6-9-26(21-27)31-28-11-12-29(34-33-28)37-19-13-24(14-20-37)30(38)32-25-15-17-36(18-16-25)22-23-7-4-3-5-8-23/h3-12,21,24-25H,13-20,22H2,1-2H3,(H,31,33)(H,32,38). The van der Waals surface area contributed by atoms with E-state index in [0.29, 0.717) is 5.82 Å². The number of rotatable bonds is 8. The molecule has 0 radical (unpaired) electrons. The van der Waals surface area contributed by atoms with E-state index in [1.807, 2.05) is 38.4 Å². The van der Waals surface area contributed by atoms with Crippen LogP contribution in [0.25, 0.3) is 0 Å². The van der Waals surface area contributed by atoms with Gasteiger partial charge in [-0.2, -0.15) is 0 Å². The summed E-state index contributed by atoms with van der Waals surface area (Å²) in [7, 11) is 4.05.